The Bertz CT molecular complexity index is 1170. The van der Waals surface area contributed by atoms with Crippen molar-refractivity contribution in [2.75, 3.05) is 14.2 Å². The lowest BCUT2D eigenvalue weighted by atomic mass is 10.1. The molecule has 2 heterocycles. The summed E-state index contributed by atoms with van der Waals surface area (Å²) in [5.41, 5.74) is 1.58. The maximum Gasteiger partial charge on any atom is 0.220 e. The summed E-state index contributed by atoms with van der Waals surface area (Å²) in [6.07, 6.45) is 0. The zero-order valence-corrected chi connectivity index (χ0v) is 16.7. The van der Waals surface area contributed by atoms with Gasteiger partial charge in [0.2, 0.25) is 11.8 Å². The Morgan fingerprint density at radius 1 is 0.966 bits per heavy atom. The van der Waals surface area contributed by atoms with Gasteiger partial charge in [-0.25, -0.2) is 0 Å². The Balaban J connectivity index is 1.76. The van der Waals surface area contributed by atoms with Crippen LogP contribution in [0.5, 0.6) is 17.5 Å². The SMILES string of the molecule is COc1cc(OC)nc(-c2sc3ccccc3c2OCc2ccc(C#N)cc2)n1. The Morgan fingerprint density at radius 2 is 1.66 bits per heavy atom. The van der Waals surface area contributed by atoms with E-state index in [1.54, 1.807) is 43.8 Å². The molecule has 0 bridgehead atoms. The Hall–Kier alpha value is -3.63. The summed E-state index contributed by atoms with van der Waals surface area (Å²) < 4.78 is 17.9. The van der Waals surface area contributed by atoms with Gasteiger partial charge in [-0.05, 0) is 29.8 Å². The van der Waals surface area contributed by atoms with Crippen LogP contribution in [0.1, 0.15) is 11.1 Å². The van der Waals surface area contributed by atoms with Crippen LogP contribution >= 0.6 is 11.3 Å². The first kappa shape index (κ1) is 18.7. The van der Waals surface area contributed by atoms with Crippen molar-refractivity contribution in [2.45, 2.75) is 6.61 Å². The van der Waals surface area contributed by atoms with Crippen LogP contribution in [-0.2, 0) is 6.61 Å². The molecule has 29 heavy (non-hydrogen) atoms. The van der Waals surface area contributed by atoms with E-state index >= 15 is 0 Å². The first-order chi connectivity index (χ1) is 14.2. The van der Waals surface area contributed by atoms with Gasteiger partial charge in [0.15, 0.2) is 5.82 Å². The Labute approximate surface area is 171 Å². The molecule has 7 heteroatoms. The molecule has 144 valence electrons. The molecule has 0 unspecified atom stereocenters. The van der Waals surface area contributed by atoms with Crippen LogP contribution in [0, 0.1) is 11.3 Å². The molecule has 0 aliphatic rings. The number of aromatic nitrogens is 2. The van der Waals surface area contributed by atoms with Crippen molar-refractivity contribution in [3.05, 3.63) is 65.7 Å². The number of nitrogens with zero attached hydrogens (tertiary/aromatic N) is 3. The van der Waals surface area contributed by atoms with E-state index in [0.717, 1.165) is 20.5 Å². The van der Waals surface area contributed by atoms with E-state index in [4.69, 9.17) is 19.5 Å². The van der Waals surface area contributed by atoms with Crippen LogP contribution in [0.3, 0.4) is 0 Å². The normalized spacial score (nSPS) is 10.5. The second-order valence-electron chi connectivity index (χ2n) is 6.13. The van der Waals surface area contributed by atoms with Gasteiger partial charge in [-0.15, -0.1) is 11.3 Å². The average molecular weight is 403 g/mol. The molecular formula is C22H17N3O3S. The highest BCUT2D eigenvalue weighted by Gasteiger charge is 2.19. The minimum absolute atomic E-state index is 0.362. The van der Waals surface area contributed by atoms with Crippen molar-refractivity contribution in [3.63, 3.8) is 0 Å². The van der Waals surface area contributed by atoms with Crippen molar-refractivity contribution in [2.24, 2.45) is 0 Å². The lowest BCUT2D eigenvalue weighted by Crippen LogP contribution is -1.99. The zero-order chi connectivity index (χ0) is 20.2. The number of thiophene rings is 1. The quantitative estimate of drug-likeness (QED) is 0.459. The van der Waals surface area contributed by atoms with E-state index in [0.29, 0.717) is 35.5 Å². The van der Waals surface area contributed by atoms with Gasteiger partial charge in [0.1, 0.15) is 17.2 Å². The molecule has 0 aliphatic heterocycles. The summed E-state index contributed by atoms with van der Waals surface area (Å²) in [7, 11) is 3.11. The minimum Gasteiger partial charge on any atom is -0.487 e. The first-order valence-electron chi connectivity index (χ1n) is 8.82. The average Bonchev–Trinajstić information content (AvgIpc) is 3.16. The fraction of sp³-hybridized carbons (Fsp3) is 0.136. The van der Waals surface area contributed by atoms with Gasteiger partial charge in [-0.3, -0.25) is 0 Å². The minimum atomic E-state index is 0.362. The standard InChI is InChI=1S/C22H17N3O3S/c1-26-18-11-19(27-2)25-22(24-18)21-20(16-5-3-4-6-17(16)29-21)28-13-15-9-7-14(12-23)8-10-15/h3-11H,13H2,1-2H3. The summed E-state index contributed by atoms with van der Waals surface area (Å²) in [6, 6.07) is 19.1. The molecule has 0 N–H and O–H groups in total. The molecular weight excluding hydrogens is 386 g/mol. The van der Waals surface area contributed by atoms with Crippen LogP contribution in [0.25, 0.3) is 20.8 Å². The van der Waals surface area contributed by atoms with E-state index in [2.05, 4.69) is 16.0 Å². The number of fused-ring (bicyclic) bond motifs is 1. The Morgan fingerprint density at radius 3 is 2.31 bits per heavy atom. The summed E-state index contributed by atoms with van der Waals surface area (Å²) in [5.74, 6) is 2.03. The summed E-state index contributed by atoms with van der Waals surface area (Å²) in [4.78, 5) is 9.77. The van der Waals surface area contributed by atoms with E-state index in [9.17, 15) is 0 Å². The van der Waals surface area contributed by atoms with Crippen molar-refractivity contribution in [1.29, 1.82) is 5.26 Å². The molecule has 2 aromatic carbocycles. The molecule has 0 fully saturated rings. The molecule has 6 nitrogen and oxygen atoms in total. The number of hydrogen-bond acceptors (Lipinski definition) is 7. The molecule has 0 saturated heterocycles. The van der Waals surface area contributed by atoms with Crippen LogP contribution in [0.4, 0.5) is 0 Å². The maximum absolute atomic E-state index is 8.96. The second kappa shape index (κ2) is 8.17. The number of ether oxygens (including phenoxy) is 3. The van der Waals surface area contributed by atoms with Gasteiger partial charge in [0.05, 0.1) is 31.9 Å². The van der Waals surface area contributed by atoms with Crippen molar-refractivity contribution < 1.29 is 14.2 Å². The van der Waals surface area contributed by atoms with Gasteiger partial charge >= 0.3 is 0 Å². The van der Waals surface area contributed by atoms with Gasteiger partial charge < -0.3 is 14.2 Å². The monoisotopic (exact) mass is 403 g/mol. The van der Waals surface area contributed by atoms with Gasteiger partial charge in [-0.1, -0.05) is 24.3 Å². The molecule has 2 aromatic heterocycles. The first-order valence-corrected chi connectivity index (χ1v) is 9.64. The Kier molecular flexibility index (Phi) is 5.27. The lowest BCUT2D eigenvalue weighted by molar-refractivity contribution is 0.312. The van der Waals surface area contributed by atoms with E-state index < -0.39 is 0 Å². The number of hydrogen-bond donors (Lipinski definition) is 0. The largest absolute Gasteiger partial charge is 0.487 e. The topological polar surface area (TPSA) is 77.3 Å². The predicted molar refractivity (Wildman–Crippen MR) is 111 cm³/mol. The highest BCUT2D eigenvalue weighted by Crippen LogP contribution is 2.44. The van der Waals surface area contributed by atoms with Crippen LogP contribution in [0.15, 0.2) is 54.6 Å². The molecule has 0 atom stereocenters. The second-order valence-corrected chi connectivity index (χ2v) is 7.18. The van der Waals surface area contributed by atoms with Gasteiger partial charge in [0.25, 0.3) is 0 Å². The van der Waals surface area contributed by atoms with Crippen LogP contribution in [-0.4, -0.2) is 24.2 Å². The van der Waals surface area contributed by atoms with E-state index in [1.807, 2.05) is 36.4 Å². The molecule has 0 radical (unpaired) electrons. The van der Waals surface area contributed by atoms with Crippen LogP contribution < -0.4 is 14.2 Å². The molecule has 4 aromatic rings. The maximum atomic E-state index is 8.96. The number of methoxy groups -OCH3 is 2. The molecule has 0 saturated carbocycles. The van der Waals surface area contributed by atoms with Crippen molar-refractivity contribution in [1.82, 2.24) is 9.97 Å². The molecule has 0 aliphatic carbocycles. The fourth-order valence-electron chi connectivity index (χ4n) is 2.86. The third-order valence-corrected chi connectivity index (χ3v) is 5.46. The van der Waals surface area contributed by atoms with Gasteiger partial charge in [-0.2, -0.15) is 15.2 Å². The number of nitriles is 1. The zero-order valence-electron chi connectivity index (χ0n) is 15.9. The predicted octanol–water partition coefficient (Wildman–Crippen LogP) is 4.83. The van der Waals surface area contributed by atoms with Crippen LogP contribution in [0.2, 0.25) is 0 Å². The van der Waals surface area contributed by atoms with Gasteiger partial charge in [0, 0.05) is 10.1 Å². The highest BCUT2D eigenvalue weighted by atomic mass is 32.1. The van der Waals surface area contributed by atoms with E-state index in [-0.39, 0.29) is 0 Å². The summed E-state index contributed by atoms with van der Waals surface area (Å²) in [6.45, 7) is 0.362. The van der Waals surface area contributed by atoms with Crippen molar-refractivity contribution >= 4 is 21.4 Å². The highest BCUT2D eigenvalue weighted by molar-refractivity contribution is 7.22. The number of benzene rings is 2. The molecule has 4 rings (SSSR count). The van der Waals surface area contributed by atoms with Crippen molar-refractivity contribution in [3.8, 4) is 34.3 Å². The molecule has 0 spiro atoms. The third-order valence-electron chi connectivity index (χ3n) is 4.32. The summed E-state index contributed by atoms with van der Waals surface area (Å²) >= 11 is 1.55. The summed E-state index contributed by atoms with van der Waals surface area (Å²) in [5, 5.41) is 9.95. The smallest absolute Gasteiger partial charge is 0.220 e. The molecule has 0 amide bonds. The third kappa shape index (κ3) is 3.84. The fourth-order valence-corrected chi connectivity index (χ4v) is 3.94. The number of rotatable bonds is 6. The lowest BCUT2D eigenvalue weighted by Gasteiger charge is -2.09. The van der Waals surface area contributed by atoms with E-state index in [1.165, 1.54) is 0 Å².